The molecule has 0 radical (unpaired) electrons. The minimum absolute atomic E-state index is 0.0329. The number of carbonyl (C=O) groups excluding carboxylic acids is 1. The maximum absolute atomic E-state index is 11.9. The van der Waals surface area contributed by atoms with Crippen LogP contribution in [0.3, 0.4) is 0 Å². The van der Waals surface area contributed by atoms with Crippen LogP contribution in [-0.4, -0.2) is 41.2 Å². The first-order valence-corrected chi connectivity index (χ1v) is 8.81. The van der Waals surface area contributed by atoms with Gasteiger partial charge in [0.05, 0.1) is 17.5 Å². The summed E-state index contributed by atoms with van der Waals surface area (Å²) < 4.78 is 8.08. The van der Waals surface area contributed by atoms with Crippen molar-refractivity contribution in [3.05, 3.63) is 34.3 Å². The van der Waals surface area contributed by atoms with E-state index in [-0.39, 0.29) is 11.2 Å². The van der Waals surface area contributed by atoms with Crippen LogP contribution in [0.1, 0.15) is 6.92 Å². The van der Waals surface area contributed by atoms with Gasteiger partial charge in [-0.1, -0.05) is 41.3 Å². The van der Waals surface area contributed by atoms with Crippen molar-refractivity contribution in [3.63, 3.8) is 0 Å². The van der Waals surface area contributed by atoms with Gasteiger partial charge in [0.2, 0.25) is 5.91 Å². The highest BCUT2D eigenvalue weighted by Crippen LogP contribution is 2.27. The van der Waals surface area contributed by atoms with E-state index in [0.717, 1.165) is 10.0 Å². The number of aromatic nitrogens is 2. The Kier molecular flexibility index (Phi) is 6.56. The predicted octanol–water partition coefficient (Wildman–Crippen LogP) is 2.91. The first kappa shape index (κ1) is 17.1. The molecular formula is C14H17N3O2S3. The normalized spacial score (nSPS) is 12.1. The second kappa shape index (κ2) is 8.42. The van der Waals surface area contributed by atoms with Gasteiger partial charge >= 0.3 is 0 Å². The molecule has 1 aromatic heterocycles. The van der Waals surface area contributed by atoms with Gasteiger partial charge in [0.15, 0.2) is 8.29 Å². The molecule has 0 bridgehead atoms. The molecule has 5 nitrogen and oxygen atoms in total. The summed E-state index contributed by atoms with van der Waals surface area (Å²) in [5.41, 5.74) is 0.924. The lowest BCUT2D eigenvalue weighted by Crippen LogP contribution is -2.33. The van der Waals surface area contributed by atoms with E-state index in [4.69, 9.17) is 17.0 Å². The molecule has 0 aliphatic rings. The van der Waals surface area contributed by atoms with Crippen molar-refractivity contribution in [2.45, 2.75) is 16.5 Å². The zero-order valence-electron chi connectivity index (χ0n) is 12.3. The van der Waals surface area contributed by atoms with Crippen LogP contribution < -0.4 is 5.32 Å². The molecule has 0 saturated carbocycles. The summed E-state index contributed by atoms with van der Waals surface area (Å²) in [7, 11) is 1.60. The number of carbonyl (C=O) groups is 1. The van der Waals surface area contributed by atoms with Gasteiger partial charge < -0.3 is 10.1 Å². The molecular weight excluding hydrogens is 338 g/mol. The molecule has 0 saturated heterocycles. The average molecular weight is 356 g/mol. The number of nitrogens with zero attached hydrogens (tertiary/aromatic N) is 2. The number of hydrogen-bond donors (Lipinski definition) is 1. The van der Waals surface area contributed by atoms with Gasteiger partial charge in [-0.25, -0.2) is 4.68 Å². The van der Waals surface area contributed by atoms with E-state index in [9.17, 15) is 4.79 Å². The Hall–Kier alpha value is -1.22. The van der Waals surface area contributed by atoms with Crippen molar-refractivity contribution >= 4 is 41.2 Å². The number of amides is 1. The summed E-state index contributed by atoms with van der Waals surface area (Å²) in [6.45, 7) is 2.86. The molecule has 0 aliphatic heterocycles. The standard InChI is InChI=1S/C14H17N3O2S3/c1-10(12(18)15-8-9-19-2)21-13-16-17(14(20)22-13)11-6-4-3-5-7-11/h3-7,10H,8-9H2,1-2H3,(H,15,18)/t10-/m0/s1. The van der Waals surface area contributed by atoms with E-state index >= 15 is 0 Å². The van der Waals surface area contributed by atoms with E-state index in [1.165, 1.54) is 23.1 Å². The maximum atomic E-state index is 11.9. The van der Waals surface area contributed by atoms with Crippen LogP contribution in [0.2, 0.25) is 0 Å². The molecule has 2 aromatic rings. The van der Waals surface area contributed by atoms with Crippen LogP contribution in [0.4, 0.5) is 0 Å². The van der Waals surface area contributed by atoms with Crippen LogP contribution >= 0.6 is 35.3 Å². The van der Waals surface area contributed by atoms with Crippen molar-refractivity contribution in [2.75, 3.05) is 20.3 Å². The quantitative estimate of drug-likeness (QED) is 0.470. The highest BCUT2D eigenvalue weighted by atomic mass is 32.2. The van der Waals surface area contributed by atoms with Crippen molar-refractivity contribution in [2.24, 2.45) is 0 Å². The molecule has 118 valence electrons. The van der Waals surface area contributed by atoms with Gasteiger partial charge in [0, 0.05) is 13.7 Å². The van der Waals surface area contributed by atoms with Gasteiger partial charge in [-0.05, 0) is 31.3 Å². The van der Waals surface area contributed by atoms with Crippen LogP contribution in [0, 0.1) is 3.95 Å². The smallest absolute Gasteiger partial charge is 0.233 e. The van der Waals surface area contributed by atoms with Crippen LogP contribution in [-0.2, 0) is 9.53 Å². The van der Waals surface area contributed by atoms with Gasteiger partial charge in [0.1, 0.15) is 0 Å². The van der Waals surface area contributed by atoms with Gasteiger partial charge in [-0.2, -0.15) is 0 Å². The maximum Gasteiger partial charge on any atom is 0.233 e. The molecule has 2 rings (SSSR count). The first-order chi connectivity index (χ1) is 10.6. The summed E-state index contributed by atoms with van der Waals surface area (Å²) in [6.07, 6.45) is 0. The largest absolute Gasteiger partial charge is 0.383 e. The molecule has 1 aromatic carbocycles. The Labute approximate surface area is 142 Å². The van der Waals surface area contributed by atoms with E-state index in [1.807, 2.05) is 37.3 Å². The number of para-hydroxylation sites is 1. The molecule has 22 heavy (non-hydrogen) atoms. The van der Waals surface area contributed by atoms with Crippen molar-refractivity contribution in [1.29, 1.82) is 0 Å². The topological polar surface area (TPSA) is 56.1 Å². The molecule has 8 heteroatoms. The van der Waals surface area contributed by atoms with Crippen molar-refractivity contribution < 1.29 is 9.53 Å². The summed E-state index contributed by atoms with van der Waals surface area (Å²) in [6, 6.07) is 9.72. The molecule has 0 aliphatic carbocycles. The highest BCUT2D eigenvalue weighted by Gasteiger charge is 2.17. The Morgan fingerprint density at radius 1 is 1.50 bits per heavy atom. The Morgan fingerprint density at radius 2 is 2.23 bits per heavy atom. The third-order valence-electron chi connectivity index (χ3n) is 2.78. The summed E-state index contributed by atoms with van der Waals surface area (Å²) >= 11 is 8.16. The second-order valence-electron chi connectivity index (χ2n) is 4.43. The zero-order valence-corrected chi connectivity index (χ0v) is 14.8. The third-order valence-corrected chi connectivity index (χ3v) is 5.20. The monoisotopic (exact) mass is 355 g/mol. The summed E-state index contributed by atoms with van der Waals surface area (Å²) in [4.78, 5) is 11.9. The molecule has 1 N–H and O–H groups in total. The van der Waals surface area contributed by atoms with Crippen LogP contribution in [0.15, 0.2) is 34.7 Å². The zero-order chi connectivity index (χ0) is 15.9. The lowest BCUT2D eigenvalue weighted by molar-refractivity contribution is -0.120. The first-order valence-electron chi connectivity index (χ1n) is 6.70. The second-order valence-corrected chi connectivity index (χ2v) is 7.64. The fourth-order valence-electron chi connectivity index (χ4n) is 1.67. The number of thioether (sulfide) groups is 1. The molecule has 0 spiro atoms. The van der Waals surface area contributed by atoms with E-state index in [0.29, 0.717) is 17.1 Å². The lowest BCUT2D eigenvalue weighted by atomic mass is 10.3. The molecule has 1 amide bonds. The van der Waals surface area contributed by atoms with E-state index in [1.54, 1.807) is 11.8 Å². The van der Waals surface area contributed by atoms with Gasteiger partial charge in [-0.15, -0.1) is 5.10 Å². The minimum atomic E-state index is -0.235. The van der Waals surface area contributed by atoms with Crippen molar-refractivity contribution in [1.82, 2.24) is 15.1 Å². The average Bonchev–Trinajstić information content (AvgIpc) is 2.88. The lowest BCUT2D eigenvalue weighted by Gasteiger charge is -2.09. The van der Waals surface area contributed by atoms with E-state index < -0.39 is 0 Å². The number of benzene rings is 1. The fraction of sp³-hybridized carbons (Fsp3) is 0.357. The third kappa shape index (κ3) is 4.64. The number of hydrogen-bond acceptors (Lipinski definition) is 6. The van der Waals surface area contributed by atoms with Gasteiger partial charge in [-0.3, -0.25) is 4.79 Å². The van der Waals surface area contributed by atoms with Gasteiger partial charge in [0.25, 0.3) is 0 Å². The molecule has 0 fully saturated rings. The minimum Gasteiger partial charge on any atom is -0.383 e. The Morgan fingerprint density at radius 3 is 2.91 bits per heavy atom. The van der Waals surface area contributed by atoms with E-state index in [2.05, 4.69) is 10.4 Å². The van der Waals surface area contributed by atoms with Crippen molar-refractivity contribution in [3.8, 4) is 5.69 Å². The Balaban J connectivity index is 2.02. The predicted molar refractivity (Wildman–Crippen MR) is 92.5 cm³/mol. The number of nitrogens with one attached hydrogen (secondary N) is 1. The fourth-order valence-corrected chi connectivity index (χ4v) is 4.20. The Bertz CT molecular complexity index is 669. The molecule has 1 atom stereocenters. The van der Waals surface area contributed by atoms with Crippen LogP contribution in [0.25, 0.3) is 5.69 Å². The number of rotatable bonds is 7. The van der Waals surface area contributed by atoms with Crippen LogP contribution in [0.5, 0.6) is 0 Å². The molecule has 1 heterocycles. The summed E-state index contributed by atoms with van der Waals surface area (Å²) in [5.74, 6) is -0.0329. The number of ether oxygens (including phenoxy) is 1. The highest BCUT2D eigenvalue weighted by molar-refractivity contribution is 8.02. The molecule has 0 unspecified atom stereocenters. The SMILES string of the molecule is COCCNC(=O)[C@H](C)Sc1nn(-c2ccccc2)c(=S)s1. The summed E-state index contributed by atoms with van der Waals surface area (Å²) in [5, 5.41) is 7.07. The number of methoxy groups -OCH3 is 1.